The normalized spacial score (nSPS) is 16.5. The summed E-state index contributed by atoms with van der Waals surface area (Å²) in [6.45, 7) is 3.78. The molecular formula is C11H17NO2S2. The molecule has 2 atom stereocenters. The number of hydrogen-bond donors (Lipinski definition) is 1. The third kappa shape index (κ3) is 3.81. The van der Waals surface area contributed by atoms with Crippen molar-refractivity contribution in [3.05, 3.63) is 17.5 Å². The van der Waals surface area contributed by atoms with E-state index in [0.717, 1.165) is 0 Å². The van der Waals surface area contributed by atoms with Gasteiger partial charge in [-0.25, -0.2) is 0 Å². The van der Waals surface area contributed by atoms with Crippen LogP contribution in [0, 0.1) is 0 Å². The minimum absolute atomic E-state index is 0.285. The number of thiophene rings is 1. The smallest absolute Gasteiger partial charge is 0.325 e. The van der Waals surface area contributed by atoms with Crippen molar-refractivity contribution in [2.75, 3.05) is 7.11 Å². The van der Waals surface area contributed by atoms with Gasteiger partial charge in [-0.15, -0.1) is 23.1 Å². The van der Waals surface area contributed by atoms with Crippen LogP contribution in [0.25, 0.3) is 0 Å². The summed E-state index contributed by atoms with van der Waals surface area (Å²) < 4.78 is 5.92. The van der Waals surface area contributed by atoms with Crippen LogP contribution in [0.4, 0.5) is 0 Å². The van der Waals surface area contributed by atoms with Gasteiger partial charge < -0.3 is 10.5 Å². The quantitative estimate of drug-likeness (QED) is 0.652. The SMILES string of the molecule is COC(=O)C(C)(N)CC(C)Sc1cccs1. The van der Waals surface area contributed by atoms with Gasteiger partial charge in [-0.3, -0.25) is 4.79 Å². The van der Waals surface area contributed by atoms with Crippen molar-refractivity contribution in [1.29, 1.82) is 0 Å². The molecule has 0 aliphatic heterocycles. The maximum Gasteiger partial charge on any atom is 0.325 e. The van der Waals surface area contributed by atoms with E-state index in [1.165, 1.54) is 11.3 Å². The van der Waals surface area contributed by atoms with Crippen LogP contribution in [0.2, 0.25) is 0 Å². The first-order chi connectivity index (χ1) is 7.45. The molecule has 1 heterocycles. The maximum atomic E-state index is 11.4. The van der Waals surface area contributed by atoms with Gasteiger partial charge in [0, 0.05) is 5.25 Å². The van der Waals surface area contributed by atoms with Crippen molar-refractivity contribution < 1.29 is 9.53 Å². The minimum atomic E-state index is -0.904. The van der Waals surface area contributed by atoms with Crippen molar-refractivity contribution in [3.8, 4) is 0 Å². The fourth-order valence-corrected chi connectivity index (χ4v) is 3.80. The number of methoxy groups -OCH3 is 1. The summed E-state index contributed by atoms with van der Waals surface area (Å²) in [6.07, 6.45) is 0.599. The third-order valence-corrected chi connectivity index (χ3v) is 4.35. The fourth-order valence-electron chi connectivity index (χ4n) is 1.48. The molecule has 0 aromatic carbocycles. The Labute approximate surface area is 104 Å². The van der Waals surface area contributed by atoms with Crippen molar-refractivity contribution in [1.82, 2.24) is 0 Å². The van der Waals surface area contributed by atoms with Crippen molar-refractivity contribution in [2.24, 2.45) is 5.73 Å². The molecule has 1 aromatic heterocycles. The van der Waals surface area contributed by atoms with E-state index < -0.39 is 5.54 Å². The van der Waals surface area contributed by atoms with Gasteiger partial charge in [-0.2, -0.15) is 0 Å². The Balaban J connectivity index is 2.50. The van der Waals surface area contributed by atoms with E-state index in [9.17, 15) is 4.79 Å². The van der Waals surface area contributed by atoms with Gasteiger partial charge in [-0.05, 0) is 24.8 Å². The lowest BCUT2D eigenvalue weighted by molar-refractivity contribution is -0.146. The molecule has 90 valence electrons. The van der Waals surface area contributed by atoms with Crippen molar-refractivity contribution in [3.63, 3.8) is 0 Å². The molecule has 1 rings (SSSR count). The Morgan fingerprint density at radius 1 is 1.75 bits per heavy atom. The molecule has 3 nitrogen and oxygen atoms in total. The number of hydrogen-bond acceptors (Lipinski definition) is 5. The van der Waals surface area contributed by atoms with Crippen molar-refractivity contribution in [2.45, 2.75) is 35.3 Å². The summed E-state index contributed by atoms with van der Waals surface area (Å²) in [4.78, 5) is 11.4. The standard InChI is InChI=1S/C11H17NO2S2/c1-8(16-9-5-4-6-15-9)7-11(2,12)10(13)14-3/h4-6,8H,7,12H2,1-3H3. The Kier molecular flexibility index (Phi) is 4.83. The van der Waals surface area contributed by atoms with Crippen LogP contribution in [0.5, 0.6) is 0 Å². The fraction of sp³-hybridized carbons (Fsp3) is 0.545. The number of esters is 1. The van der Waals surface area contributed by atoms with Crippen LogP contribution in [0.15, 0.2) is 21.7 Å². The first-order valence-corrected chi connectivity index (χ1v) is 6.79. The number of thioether (sulfide) groups is 1. The zero-order valence-corrected chi connectivity index (χ0v) is 11.4. The number of ether oxygens (including phenoxy) is 1. The predicted octanol–water partition coefficient (Wildman–Crippen LogP) is 2.51. The molecule has 0 amide bonds. The lowest BCUT2D eigenvalue weighted by Gasteiger charge is -2.24. The first-order valence-electron chi connectivity index (χ1n) is 5.03. The zero-order valence-electron chi connectivity index (χ0n) is 9.73. The summed E-state index contributed by atoms with van der Waals surface area (Å²) in [7, 11) is 1.37. The molecule has 2 N–H and O–H groups in total. The molecule has 16 heavy (non-hydrogen) atoms. The van der Waals surface area contributed by atoms with E-state index in [4.69, 9.17) is 5.73 Å². The van der Waals surface area contributed by atoms with Crippen LogP contribution in [-0.4, -0.2) is 23.9 Å². The van der Waals surface area contributed by atoms with E-state index in [0.29, 0.717) is 6.42 Å². The molecular weight excluding hydrogens is 242 g/mol. The lowest BCUT2D eigenvalue weighted by atomic mass is 9.98. The van der Waals surface area contributed by atoms with E-state index in [1.54, 1.807) is 30.0 Å². The second-order valence-electron chi connectivity index (χ2n) is 3.97. The van der Waals surface area contributed by atoms with Crippen LogP contribution in [0.3, 0.4) is 0 Å². The van der Waals surface area contributed by atoms with Gasteiger partial charge >= 0.3 is 5.97 Å². The van der Waals surface area contributed by atoms with Crippen LogP contribution in [-0.2, 0) is 9.53 Å². The highest BCUT2D eigenvalue weighted by molar-refractivity contribution is 8.01. The number of carbonyl (C=O) groups is 1. The average Bonchev–Trinajstić information content (AvgIpc) is 2.67. The predicted molar refractivity (Wildman–Crippen MR) is 68.9 cm³/mol. The van der Waals surface area contributed by atoms with E-state index in [1.807, 2.05) is 11.4 Å². The Hall–Kier alpha value is -0.520. The molecule has 0 spiro atoms. The molecule has 5 heteroatoms. The summed E-state index contributed by atoms with van der Waals surface area (Å²) >= 11 is 3.43. The van der Waals surface area contributed by atoms with Gasteiger partial charge in [0.05, 0.1) is 11.3 Å². The molecule has 2 unspecified atom stereocenters. The summed E-state index contributed by atoms with van der Waals surface area (Å²) in [5.41, 5.74) is 5.01. The summed E-state index contributed by atoms with van der Waals surface area (Å²) in [6, 6.07) is 4.08. The molecule has 0 fully saturated rings. The van der Waals surface area contributed by atoms with Gasteiger partial charge in [0.2, 0.25) is 0 Å². The summed E-state index contributed by atoms with van der Waals surface area (Å²) in [5.74, 6) is -0.355. The Morgan fingerprint density at radius 2 is 2.44 bits per heavy atom. The van der Waals surface area contributed by atoms with Crippen LogP contribution >= 0.6 is 23.1 Å². The second-order valence-corrected chi connectivity index (χ2v) is 6.66. The largest absolute Gasteiger partial charge is 0.468 e. The van der Waals surface area contributed by atoms with Gasteiger partial charge in [0.25, 0.3) is 0 Å². The minimum Gasteiger partial charge on any atom is -0.468 e. The van der Waals surface area contributed by atoms with Gasteiger partial charge in [0.15, 0.2) is 0 Å². The first kappa shape index (κ1) is 13.5. The Bertz CT molecular complexity index is 336. The van der Waals surface area contributed by atoms with Crippen LogP contribution < -0.4 is 5.73 Å². The highest BCUT2D eigenvalue weighted by Gasteiger charge is 2.31. The van der Waals surface area contributed by atoms with Gasteiger partial charge in [0.1, 0.15) is 5.54 Å². The second kappa shape index (κ2) is 5.70. The number of carbonyl (C=O) groups excluding carboxylic acids is 1. The average molecular weight is 259 g/mol. The lowest BCUT2D eigenvalue weighted by Crippen LogP contribution is -2.47. The molecule has 0 saturated heterocycles. The van der Waals surface area contributed by atoms with E-state index in [2.05, 4.69) is 17.7 Å². The van der Waals surface area contributed by atoms with Gasteiger partial charge in [-0.1, -0.05) is 13.0 Å². The highest BCUT2D eigenvalue weighted by atomic mass is 32.2. The van der Waals surface area contributed by atoms with E-state index in [-0.39, 0.29) is 11.2 Å². The van der Waals surface area contributed by atoms with Crippen molar-refractivity contribution >= 4 is 29.1 Å². The highest BCUT2D eigenvalue weighted by Crippen LogP contribution is 2.31. The number of rotatable bonds is 5. The summed E-state index contributed by atoms with van der Waals surface area (Å²) in [5, 5.41) is 2.32. The zero-order chi connectivity index (χ0) is 12.2. The molecule has 0 bridgehead atoms. The van der Waals surface area contributed by atoms with E-state index >= 15 is 0 Å². The number of nitrogens with two attached hydrogens (primary N) is 1. The molecule has 1 aromatic rings. The topological polar surface area (TPSA) is 52.3 Å². The monoisotopic (exact) mass is 259 g/mol. The third-order valence-electron chi connectivity index (χ3n) is 2.18. The molecule has 0 radical (unpaired) electrons. The Morgan fingerprint density at radius 3 is 2.94 bits per heavy atom. The molecule has 0 aliphatic carbocycles. The molecule has 0 aliphatic rings. The molecule has 0 saturated carbocycles. The maximum absolute atomic E-state index is 11.4. The van der Waals surface area contributed by atoms with Crippen LogP contribution in [0.1, 0.15) is 20.3 Å².